The Bertz CT molecular complexity index is 406. The zero-order valence-corrected chi connectivity index (χ0v) is 14.4. The quantitative estimate of drug-likeness (QED) is 0.742. The predicted molar refractivity (Wildman–Crippen MR) is 92.8 cm³/mol. The van der Waals surface area contributed by atoms with E-state index in [9.17, 15) is 0 Å². The predicted octanol–water partition coefficient (Wildman–Crippen LogP) is 5.61. The summed E-state index contributed by atoms with van der Waals surface area (Å²) >= 11 is 0. The van der Waals surface area contributed by atoms with Crippen LogP contribution in [0.25, 0.3) is 0 Å². The minimum atomic E-state index is 0.246. The molecule has 1 saturated carbocycles. The maximum Gasteiger partial charge on any atom is 0.0291 e. The number of hydrogen-bond donors (Lipinski definition) is 1. The fraction of sp³-hybridized carbons (Fsp3) is 0.700. The molecule has 0 spiro atoms. The zero-order valence-electron chi connectivity index (χ0n) is 14.4. The van der Waals surface area contributed by atoms with Crippen LogP contribution in [0.3, 0.4) is 0 Å². The van der Waals surface area contributed by atoms with Gasteiger partial charge in [0.1, 0.15) is 0 Å². The molecule has 118 valence electrons. The molecule has 0 saturated heterocycles. The summed E-state index contributed by atoms with van der Waals surface area (Å²) in [6.07, 6.45) is 8.63. The fourth-order valence-electron chi connectivity index (χ4n) is 3.37. The van der Waals surface area contributed by atoms with Crippen molar-refractivity contribution in [3.63, 3.8) is 0 Å². The monoisotopic (exact) mass is 287 g/mol. The summed E-state index contributed by atoms with van der Waals surface area (Å²) < 4.78 is 0. The minimum absolute atomic E-state index is 0.246. The summed E-state index contributed by atoms with van der Waals surface area (Å²) in [5, 5.41) is 3.70. The lowest BCUT2D eigenvalue weighted by molar-refractivity contribution is 0.329. The lowest BCUT2D eigenvalue weighted by Gasteiger charge is -2.23. The average Bonchev–Trinajstić information content (AvgIpc) is 2.47. The third kappa shape index (κ3) is 5.14. The normalized spacial score (nSPS) is 18.7. The average molecular weight is 287 g/mol. The second-order valence-corrected chi connectivity index (χ2v) is 7.84. The number of nitrogens with one attached hydrogen (secondary N) is 1. The summed E-state index contributed by atoms with van der Waals surface area (Å²) in [6, 6.07) is 9.61. The van der Waals surface area contributed by atoms with Crippen LogP contribution in [0.15, 0.2) is 24.3 Å². The van der Waals surface area contributed by atoms with Gasteiger partial charge in [-0.3, -0.25) is 0 Å². The first-order chi connectivity index (χ1) is 9.97. The zero-order chi connectivity index (χ0) is 15.3. The van der Waals surface area contributed by atoms with Crippen LogP contribution in [0.2, 0.25) is 0 Å². The number of rotatable bonds is 5. The summed E-state index contributed by atoms with van der Waals surface area (Å²) in [6.45, 7) is 10.3. The van der Waals surface area contributed by atoms with E-state index < -0.39 is 0 Å². The second kappa shape index (κ2) is 7.45. The van der Waals surface area contributed by atoms with Crippen molar-refractivity contribution in [2.45, 2.75) is 77.7 Å². The smallest absolute Gasteiger partial charge is 0.0291 e. The molecule has 0 bridgehead atoms. The van der Waals surface area contributed by atoms with E-state index in [1.807, 2.05) is 0 Å². The van der Waals surface area contributed by atoms with Crippen molar-refractivity contribution in [3.8, 4) is 0 Å². The summed E-state index contributed by atoms with van der Waals surface area (Å²) in [5.74, 6) is 0.974. The maximum absolute atomic E-state index is 3.70. The Balaban J connectivity index is 1.78. The van der Waals surface area contributed by atoms with Crippen LogP contribution < -0.4 is 5.32 Å². The van der Waals surface area contributed by atoms with Crippen molar-refractivity contribution >= 4 is 0 Å². The summed E-state index contributed by atoms with van der Waals surface area (Å²) in [4.78, 5) is 0. The molecular weight excluding hydrogens is 254 g/mol. The molecule has 1 nitrogen and oxygen atoms in total. The van der Waals surface area contributed by atoms with Gasteiger partial charge in [-0.1, -0.05) is 77.1 Å². The lowest BCUT2D eigenvalue weighted by atomic mass is 9.86. The van der Waals surface area contributed by atoms with Gasteiger partial charge < -0.3 is 5.32 Å². The molecule has 1 aliphatic carbocycles. The van der Waals surface area contributed by atoms with Gasteiger partial charge in [-0.2, -0.15) is 0 Å². The molecule has 2 rings (SSSR count). The Morgan fingerprint density at radius 2 is 1.67 bits per heavy atom. The van der Waals surface area contributed by atoms with Crippen molar-refractivity contribution in [2.75, 3.05) is 6.54 Å². The Morgan fingerprint density at radius 3 is 2.24 bits per heavy atom. The highest BCUT2D eigenvalue weighted by Gasteiger charge is 2.15. The van der Waals surface area contributed by atoms with Crippen molar-refractivity contribution in [3.05, 3.63) is 35.4 Å². The van der Waals surface area contributed by atoms with Gasteiger partial charge in [0.2, 0.25) is 0 Å². The Kier molecular flexibility index (Phi) is 5.87. The largest absolute Gasteiger partial charge is 0.310 e. The van der Waals surface area contributed by atoms with E-state index in [1.165, 1.54) is 49.7 Å². The van der Waals surface area contributed by atoms with Gasteiger partial charge in [-0.25, -0.2) is 0 Å². The standard InChI is InChI=1S/C20H33N/c1-16(21-15-14-17-8-6-5-7-9-17)18-10-12-19(13-11-18)20(2,3)4/h10-13,16-17,21H,5-9,14-15H2,1-4H3. The maximum atomic E-state index is 3.70. The van der Waals surface area contributed by atoms with Gasteiger partial charge >= 0.3 is 0 Å². The van der Waals surface area contributed by atoms with Crippen LogP contribution in [0.1, 0.15) is 83.4 Å². The fourth-order valence-corrected chi connectivity index (χ4v) is 3.37. The lowest BCUT2D eigenvalue weighted by Crippen LogP contribution is -2.22. The van der Waals surface area contributed by atoms with E-state index in [0.29, 0.717) is 6.04 Å². The first kappa shape index (κ1) is 16.5. The van der Waals surface area contributed by atoms with Crippen LogP contribution >= 0.6 is 0 Å². The highest BCUT2D eigenvalue weighted by Crippen LogP contribution is 2.26. The molecule has 1 unspecified atom stereocenters. The van der Waals surface area contributed by atoms with Crippen molar-refractivity contribution in [1.29, 1.82) is 0 Å². The van der Waals surface area contributed by atoms with E-state index in [4.69, 9.17) is 0 Å². The first-order valence-electron chi connectivity index (χ1n) is 8.80. The van der Waals surface area contributed by atoms with E-state index >= 15 is 0 Å². The molecule has 0 aliphatic heterocycles. The van der Waals surface area contributed by atoms with Crippen LogP contribution in [0.5, 0.6) is 0 Å². The summed E-state index contributed by atoms with van der Waals surface area (Å²) in [5.41, 5.74) is 3.07. The van der Waals surface area contributed by atoms with Crippen LogP contribution in [0.4, 0.5) is 0 Å². The van der Waals surface area contributed by atoms with Crippen LogP contribution in [0, 0.1) is 5.92 Å². The van der Waals surface area contributed by atoms with E-state index in [-0.39, 0.29) is 5.41 Å². The third-order valence-electron chi connectivity index (χ3n) is 5.00. The molecule has 1 fully saturated rings. The van der Waals surface area contributed by atoms with Gasteiger partial charge in [-0.05, 0) is 42.3 Å². The van der Waals surface area contributed by atoms with E-state index in [1.54, 1.807) is 0 Å². The van der Waals surface area contributed by atoms with E-state index in [0.717, 1.165) is 12.5 Å². The number of hydrogen-bond acceptors (Lipinski definition) is 1. The topological polar surface area (TPSA) is 12.0 Å². The first-order valence-corrected chi connectivity index (χ1v) is 8.80. The SMILES string of the molecule is CC(NCCC1CCCCC1)c1ccc(C(C)(C)C)cc1. The molecule has 0 amide bonds. The molecule has 1 aromatic rings. The molecular formula is C20H33N. The summed E-state index contributed by atoms with van der Waals surface area (Å²) in [7, 11) is 0. The molecule has 1 N–H and O–H groups in total. The van der Waals surface area contributed by atoms with Crippen molar-refractivity contribution < 1.29 is 0 Å². The van der Waals surface area contributed by atoms with Crippen molar-refractivity contribution in [1.82, 2.24) is 5.32 Å². The Labute approximate surface area is 131 Å². The Morgan fingerprint density at radius 1 is 1.05 bits per heavy atom. The van der Waals surface area contributed by atoms with Gasteiger partial charge in [0.25, 0.3) is 0 Å². The van der Waals surface area contributed by atoms with Gasteiger partial charge in [0.15, 0.2) is 0 Å². The molecule has 1 heteroatoms. The molecule has 0 aromatic heterocycles. The van der Waals surface area contributed by atoms with Crippen LogP contribution in [-0.2, 0) is 5.41 Å². The molecule has 0 radical (unpaired) electrons. The molecule has 21 heavy (non-hydrogen) atoms. The minimum Gasteiger partial charge on any atom is -0.310 e. The van der Waals surface area contributed by atoms with Gasteiger partial charge in [0, 0.05) is 6.04 Å². The highest BCUT2D eigenvalue weighted by molar-refractivity contribution is 5.28. The highest BCUT2D eigenvalue weighted by atomic mass is 14.9. The molecule has 1 aromatic carbocycles. The van der Waals surface area contributed by atoms with Crippen molar-refractivity contribution in [2.24, 2.45) is 5.92 Å². The van der Waals surface area contributed by atoms with Gasteiger partial charge in [0.05, 0.1) is 0 Å². The second-order valence-electron chi connectivity index (χ2n) is 7.84. The number of benzene rings is 1. The van der Waals surface area contributed by atoms with Gasteiger partial charge in [-0.15, -0.1) is 0 Å². The third-order valence-corrected chi connectivity index (χ3v) is 5.00. The molecule has 1 atom stereocenters. The Hall–Kier alpha value is -0.820. The molecule has 1 aliphatic rings. The van der Waals surface area contributed by atoms with Crippen LogP contribution in [-0.4, -0.2) is 6.54 Å². The molecule has 0 heterocycles. The van der Waals surface area contributed by atoms with E-state index in [2.05, 4.69) is 57.3 Å².